The lowest BCUT2D eigenvalue weighted by Crippen LogP contribution is -2.49. The van der Waals surface area contributed by atoms with Crippen molar-refractivity contribution in [2.75, 3.05) is 26.7 Å². The monoisotopic (exact) mass is 354 g/mol. The van der Waals surface area contributed by atoms with E-state index < -0.39 is 0 Å². The van der Waals surface area contributed by atoms with Crippen LogP contribution in [0.5, 0.6) is 5.75 Å². The molecule has 6 nitrogen and oxygen atoms in total. The fraction of sp³-hybridized carbons (Fsp3) is 0.400. The molecule has 2 heterocycles. The number of amides is 1. The molecule has 0 unspecified atom stereocenters. The van der Waals surface area contributed by atoms with E-state index in [4.69, 9.17) is 4.74 Å². The van der Waals surface area contributed by atoms with Gasteiger partial charge < -0.3 is 9.64 Å². The van der Waals surface area contributed by atoms with Crippen LogP contribution in [-0.4, -0.2) is 52.2 Å². The van der Waals surface area contributed by atoms with Crippen LogP contribution in [0.2, 0.25) is 0 Å². The SMILES string of the molecule is C=CCn1cc(CN2CCN(Cc3cccc(OC)c3)C(=O)C2)c(C)n1. The van der Waals surface area contributed by atoms with Gasteiger partial charge in [-0.3, -0.25) is 14.4 Å². The number of piperazine rings is 1. The van der Waals surface area contributed by atoms with E-state index in [2.05, 4.69) is 16.6 Å². The van der Waals surface area contributed by atoms with Gasteiger partial charge in [-0.15, -0.1) is 6.58 Å². The molecule has 0 aliphatic carbocycles. The highest BCUT2D eigenvalue weighted by Crippen LogP contribution is 2.17. The summed E-state index contributed by atoms with van der Waals surface area (Å²) in [5, 5.41) is 4.48. The lowest BCUT2D eigenvalue weighted by molar-refractivity contribution is -0.136. The molecule has 2 aromatic rings. The zero-order valence-electron chi connectivity index (χ0n) is 15.5. The first-order valence-electron chi connectivity index (χ1n) is 8.86. The average Bonchev–Trinajstić information content (AvgIpc) is 2.97. The first-order valence-corrected chi connectivity index (χ1v) is 8.86. The highest BCUT2D eigenvalue weighted by molar-refractivity contribution is 5.79. The highest BCUT2D eigenvalue weighted by Gasteiger charge is 2.24. The molecule has 26 heavy (non-hydrogen) atoms. The van der Waals surface area contributed by atoms with Gasteiger partial charge in [0.15, 0.2) is 0 Å². The van der Waals surface area contributed by atoms with Crippen LogP contribution in [0.15, 0.2) is 43.1 Å². The number of rotatable bonds is 7. The third-order valence-electron chi connectivity index (χ3n) is 4.66. The zero-order valence-corrected chi connectivity index (χ0v) is 15.5. The lowest BCUT2D eigenvalue weighted by Gasteiger charge is -2.34. The van der Waals surface area contributed by atoms with Crippen LogP contribution in [0.25, 0.3) is 0 Å². The van der Waals surface area contributed by atoms with E-state index in [1.165, 1.54) is 5.56 Å². The maximum Gasteiger partial charge on any atom is 0.237 e. The number of ether oxygens (including phenoxy) is 1. The molecule has 1 aliphatic rings. The number of allylic oxidation sites excluding steroid dienone is 1. The van der Waals surface area contributed by atoms with Crippen LogP contribution >= 0.6 is 0 Å². The molecule has 1 fully saturated rings. The van der Waals surface area contributed by atoms with E-state index in [9.17, 15) is 4.79 Å². The molecular formula is C20H26N4O2. The Labute approximate surface area is 154 Å². The van der Waals surface area contributed by atoms with Crippen LogP contribution in [-0.2, 0) is 24.4 Å². The smallest absolute Gasteiger partial charge is 0.237 e. The second-order valence-corrected chi connectivity index (χ2v) is 6.63. The summed E-state index contributed by atoms with van der Waals surface area (Å²) in [5.74, 6) is 0.982. The molecule has 6 heteroatoms. The summed E-state index contributed by atoms with van der Waals surface area (Å²) in [6.07, 6.45) is 3.88. The predicted molar refractivity (Wildman–Crippen MR) is 101 cm³/mol. The summed E-state index contributed by atoms with van der Waals surface area (Å²) in [7, 11) is 1.65. The Morgan fingerprint density at radius 3 is 2.88 bits per heavy atom. The predicted octanol–water partition coefficient (Wildman–Crippen LogP) is 2.23. The van der Waals surface area contributed by atoms with E-state index in [-0.39, 0.29) is 5.91 Å². The fourth-order valence-electron chi connectivity index (χ4n) is 3.23. The van der Waals surface area contributed by atoms with E-state index in [0.717, 1.165) is 36.6 Å². The van der Waals surface area contributed by atoms with Crippen molar-refractivity contribution < 1.29 is 9.53 Å². The first-order chi connectivity index (χ1) is 12.6. The number of nitrogens with zero attached hydrogens (tertiary/aromatic N) is 4. The largest absolute Gasteiger partial charge is 0.497 e. The quantitative estimate of drug-likeness (QED) is 0.716. The standard InChI is InChI=1S/C20H26N4O2/c1-4-8-24-14-18(16(2)21-24)13-22-9-10-23(20(25)15-22)12-17-6-5-7-19(11-17)26-3/h4-7,11,14H,1,8-10,12-13,15H2,2-3H3. The number of hydrogen-bond acceptors (Lipinski definition) is 4. The van der Waals surface area contributed by atoms with Gasteiger partial charge in [-0.1, -0.05) is 18.2 Å². The van der Waals surface area contributed by atoms with E-state index in [1.807, 2.05) is 53.0 Å². The zero-order chi connectivity index (χ0) is 18.5. The summed E-state index contributed by atoms with van der Waals surface area (Å²) in [5.41, 5.74) is 3.27. The van der Waals surface area contributed by atoms with Gasteiger partial charge in [-0.2, -0.15) is 5.10 Å². The van der Waals surface area contributed by atoms with E-state index in [1.54, 1.807) is 7.11 Å². The molecule has 0 N–H and O–H groups in total. The van der Waals surface area contributed by atoms with Gasteiger partial charge in [0.25, 0.3) is 0 Å². The average molecular weight is 354 g/mol. The number of aryl methyl sites for hydroxylation is 1. The molecule has 138 valence electrons. The number of hydrogen-bond donors (Lipinski definition) is 0. The molecule has 3 rings (SSSR count). The topological polar surface area (TPSA) is 50.6 Å². The van der Waals surface area contributed by atoms with Crippen molar-refractivity contribution in [2.24, 2.45) is 0 Å². The first kappa shape index (κ1) is 18.2. The van der Waals surface area contributed by atoms with Gasteiger partial charge in [0.2, 0.25) is 5.91 Å². The number of carbonyl (C=O) groups is 1. The minimum absolute atomic E-state index is 0.162. The minimum Gasteiger partial charge on any atom is -0.497 e. The second kappa shape index (κ2) is 8.19. The van der Waals surface area contributed by atoms with Gasteiger partial charge in [0.1, 0.15) is 5.75 Å². The Bertz CT molecular complexity index is 784. The molecule has 1 aromatic heterocycles. The van der Waals surface area contributed by atoms with E-state index >= 15 is 0 Å². The highest BCUT2D eigenvalue weighted by atomic mass is 16.5. The molecule has 1 amide bonds. The van der Waals surface area contributed by atoms with Crippen LogP contribution < -0.4 is 4.74 Å². The number of aromatic nitrogens is 2. The van der Waals surface area contributed by atoms with Crippen LogP contribution in [0.3, 0.4) is 0 Å². The Morgan fingerprint density at radius 1 is 1.31 bits per heavy atom. The van der Waals surface area contributed by atoms with Gasteiger partial charge >= 0.3 is 0 Å². The molecule has 1 saturated heterocycles. The lowest BCUT2D eigenvalue weighted by atomic mass is 10.1. The third-order valence-corrected chi connectivity index (χ3v) is 4.66. The van der Waals surface area contributed by atoms with Crippen LogP contribution in [0.1, 0.15) is 16.8 Å². The fourth-order valence-corrected chi connectivity index (χ4v) is 3.23. The van der Waals surface area contributed by atoms with Crippen molar-refractivity contribution in [2.45, 2.75) is 26.6 Å². The minimum atomic E-state index is 0.162. The van der Waals surface area contributed by atoms with Crippen molar-refractivity contribution >= 4 is 5.91 Å². The van der Waals surface area contributed by atoms with Crippen LogP contribution in [0.4, 0.5) is 0 Å². The van der Waals surface area contributed by atoms with Crippen molar-refractivity contribution in [3.8, 4) is 5.75 Å². The molecule has 0 atom stereocenters. The summed E-state index contributed by atoms with van der Waals surface area (Å²) in [6.45, 7) is 9.87. The van der Waals surface area contributed by atoms with Gasteiger partial charge in [0.05, 0.1) is 25.9 Å². The Hall–Kier alpha value is -2.60. The molecule has 0 spiro atoms. The summed E-state index contributed by atoms with van der Waals surface area (Å²) in [6, 6.07) is 7.88. The third kappa shape index (κ3) is 4.32. The maximum atomic E-state index is 12.6. The Kier molecular flexibility index (Phi) is 5.73. The molecule has 1 aromatic carbocycles. The molecule has 0 bridgehead atoms. The summed E-state index contributed by atoms with van der Waals surface area (Å²) in [4.78, 5) is 16.7. The van der Waals surface area contributed by atoms with Crippen molar-refractivity contribution in [1.29, 1.82) is 0 Å². The summed E-state index contributed by atoms with van der Waals surface area (Å²) >= 11 is 0. The Morgan fingerprint density at radius 2 is 2.15 bits per heavy atom. The number of benzene rings is 1. The van der Waals surface area contributed by atoms with Crippen molar-refractivity contribution in [3.05, 3.63) is 59.9 Å². The van der Waals surface area contributed by atoms with Gasteiger partial charge in [-0.25, -0.2) is 0 Å². The van der Waals surface area contributed by atoms with Crippen molar-refractivity contribution in [1.82, 2.24) is 19.6 Å². The Balaban J connectivity index is 1.58. The molecule has 0 saturated carbocycles. The second-order valence-electron chi connectivity index (χ2n) is 6.63. The van der Waals surface area contributed by atoms with Crippen LogP contribution in [0, 0.1) is 6.92 Å². The molecular weight excluding hydrogens is 328 g/mol. The molecule has 1 aliphatic heterocycles. The molecule has 0 radical (unpaired) electrons. The van der Waals surface area contributed by atoms with Crippen molar-refractivity contribution in [3.63, 3.8) is 0 Å². The summed E-state index contributed by atoms with van der Waals surface area (Å²) < 4.78 is 7.15. The number of carbonyl (C=O) groups excluding carboxylic acids is 1. The number of methoxy groups -OCH3 is 1. The normalized spacial score (nSPS) is 15.3. The van der Waals surface area contributed by atoms with Gasteiger partial charge in [-0.05, 0) is 24.6 Å². The van der Waals surface area contributed by atoms with Gasteiger partial charge in [0, 0.05) is 37.9 Å². The van der Waals surface area contributed by atoms with E-state index in [0.29, 0.717) is 19.6 Å². The maximum absolute atomic E-state index is 12.6.